The number of piperidine rings is 1. The zero-order chi connectivity index (χ0) is 12.8. The van der Waals surface area contributed by atoms with E-state index in [-0.39, 0.29) is 11.5 Å². The van der Waals surface area contributed by atoms with Gasteiger partial charge in [-0.3, -0.25) is 0 Å². The van der Waals surface area contributed by atoms with E-state index in [0.717, 1.165) is 12.4 Å². The van der Waals surface area contributed by atoms with Crippen LogP contribution in [0, 0.1) is 17.3 Å². The lowest BCUT2D eigenvalue weighted by Crippen LogP contribution is -2.32. The highest BCUT2D eigenvalue weighted by Gasteiger charge is 2.66. The van der Waals surface area contributed by atoms with Crippen molar-refractivity contribution in [3.63, 3.8) is 0 Å². The van der Waals surface area contributed by atoms with Gasteiger partial charge in [-0.1, -0.05) is 6.92 Å². The van der Waals surface area contributed by atoms with E-state index in [1.165, 1.54) is 0 Å². The molecule has 5 atom stereocenters. The molecule has 0 aromatic carbocycles. The predicted octanol–water partition coefficient (Wildman–Crippen LogP) is 0.389. The molecule has 0 spiro atoms. The molecule has 1 aliphatic heterocycles. The Kier molecular flexibility index (Phi) is 3.12. The maximum atomic E-state index is 9.75. The number of rotatable bonds is 4. The molecule has 5 N–H and O–H groups in total. The summed E-state index contributed by atoms with van der Waals surface area (Å²) in [7, 11) is 0. The Balaban J connectivity index is 2.04. The van der Waals surface area contributed by atoms with E-state index in [1.807, 2.05) is 6.92 Å². The van der Waals surface area contributed by atoms with Crippen molar-refractivity contribution in [3.05, 3.63) is 11.9 Å². The second-order valence-corrected chi connectivity index (χ2v) is 6.08. The molecule has 2 unspecified atom stereocenters. The van der Waals surface area contributed by atoms with Crippen LogP contribution in [0.5, 0.6) is 0 Å². The van der Waals surface area contributed by atoms with Gasteiger partial charge in [-0.15, -0.1) is 0 Å². The first kappa shape index (κ1) is 12.7. The summed E-state index contributed by atoms with van der Waals surface area (Å²) in [5.74, 6) is 1.63. The highest BCUT2D eigenvalue weighted by molar-refractivity contribution is 5.29. The highest BCUT2D eigenvalue weighted by Crippen LogP contribution is 2.61. The number of hydrogen-bond donors (Lipinski definition) is 4. The van der Waals surface area contributed by atoms with Crippen LogP contribution >= 0.6 is 0 Å². The number of nitrogens with two attached hydrogens (primary N) is 1. The van der Waals surface area contributed by atoms with Crippen molar-refractivity contribution in [2.75, 3.05) is 6.54 Å². The Morgan fingerprint density at radius 2 is 2.18 bits per heavy atom. The summed E-state index contributed by atoms with van der Waals surface area (Å²) in [5.41, 5.74) is 6.09. The monoisotopic (exact) mass is 239 g/mol. The van der Waals surface area contributed by atoms with Crippen molar-refractivity contribution in [1.82, 2.24) is 10.6 Å². The van der Waals surface area contributed by atoms with Gasteiger partial charge < -0.3 is 21.5 Å². The maximum Gasteiger partial charge on any atom is 0.0927 e. The van der Waals surface area contributed by atoms with Crippen LogP contribution in [-0.2, 0) is 0 Å². The minimum Gasteiger partial charge on any atom is -0.393 e. The lowest BCUT2D eigenvalue weighted by atomic mass is 9.91. The van der Waals surface area contributed by atoms with Crippen LogP contribution in [0.1, 0.15) is 27.7 Å². The predicted molar refractivity (Wildman–Crippen MR) is 69.1 cm³/mol. The largest absolute Gasteiger partial charge is 0.393 e. The molecule has 1 saturated carbocycles. The van der Waals surface area contributed by atoms with Gasteiger partial charge in [0.1, 0.15) is 0 Å². The van der Waals surface area contributed by atoms with Gasteiger partial charge in [0.2, 0.25) is 0 Å². The first-order valence-electron chi connectivity index (χ1n) is 6.52. The van der Waals surface area contributed by atoms with Gasteiger partial charge in [0.05, 0.1) is 11.9 Å². The Morgan fingerprint density at radius 1 is 1.53 bits per heavy atom. The lowest BCUT2D eigenvalue weighted by molar-refractivity contribution is 0.114. The lowest BCUT2D eigenvalue weighted by Gasteiger charge is -2.21. The zero-order valence-corrected chi connectivity index (χ0v) is 11.2. The number of aliphatic hydroxyl groups is 1. The van der Waals surface area contributed by atoms with E-state index in [1.54, 1.807) is 0 Å². The fourth-order valence-electron chi connectivity index (χ4n) is 3.38. The topological polar surface area (TPSA) is 70.3 Å². The van der Waals surface area contributed by atoms with Gasteiger partial charge in [-0.05, 0) is 32.8 Å². The molecule has 1 aliphatic carbocycles. The molecule has 0 bridgehead atoms. The first-order valence-corrected chi connectivity index (χ1v) is 6.52. The molecule has 0 aromatic rings. The normalized spacial score (nSPS) is 42.5. The van der Waals surface area contributed by atoms with Crippen molar-refractivity contribution >= 4 is 0 Å². The van der Waals surface area contributed by atoms with Crippen LogP contribution in [-0.4, -0.2) is 29.8 Å². The van der Waals surface area contributed by atoms with E-state index in [9.17, 15) is 5.11 Å². The third-order valence-corrected chi connectivity index (χ3v) is 4.21. The minimum absolute atomic E-state index is 0.103. The summed E-state index contributed by atoms with van der Waals surface area (Å²) >= 11 is 0. The molecule has 98 valence electrons. The summed E-state index contributed by atoms with van der Waals surface area (Å²) in [5, 5.41) is 16.5. The van der Waals surface area contributed by atoms with Crippen molar-refractivity contribution < 1.29 is 5.11 Å². The molecule has 4 nitrogen and oxygen atoms in total. The van der Waals surface area contributed by atoms with Gasteiger partial charge in [0.25, 0.3) is 0 Å². The molecule has 0 aromatic heterocycles. The first-order chi connectivity index (χ1) is 7.86. The quantitative estimate of drug-likeness (QED) is 0.573. The molecular weight excluding hydrogens is 214 g/mol. The van der Waals surface area contributed by atoms with E-state index in [0.29, 0.717) is 23.9 Å². The van der Waals surface area contributed by atoms with Crippen LogP contribution < -0.4 is 16.4 Å². The molecule has 1 heterocycles. The summed E-state index contributed by atoms with van der Waals surface area (Å²) in [6, 6.07) is 0.837. The molecule has 0 radical (unpaired) electrons. The smallest absolute Gasteiger partial charge is 0.0927 e. The van der Waals surface area contributed by atoms with Crippen LogP contribution in [0.15, 0.2) is 11.9 Å². The van der Waals surface area contributed by atoms with Crippen molar-refractivity contribution in [2.45, 2.75) is 45.9 Å². The van der Waals surface area contributed by atoms with Gasteiger partial charge in [-0.2, -0.15) is 0 Å². The molecular formula is C13H25N3O. The molecule has 2 aliphatic rings. The fourth-order valence-corrected chi connectivity index (χ4v) is 3.38. The van der Waals surface area contributed by atoms with Crippen LogP contribution in [0.2, 0.25) is 0 Å². The maximum absolute atomic E-state index is 9.75. The standard InChI is InChI=1S/C13H25N3O/c1-7(2)16-10(14)5-13(4)11-9(8(3)17)6-15-12(11)13/h5,7-9,11-12,15-17H,6,14H2,1-4H3/b10-5+/t8-,9-,11?,12+,13?/m0/s1. The van der Waals surface area contributed by atoms with Gasteiger partial charge in [-0.25, -0.2) is 0 Å². The second kappa shape index (κ2) is 4.18. The Bertz CT molecular complexity index is 327. The molecule has 0 amide bonds. The zero-order valence-electron chi connectivity index (χ0n) is 11.2. The fraction of sp³-hybridized carbons (Fsp3) is 0.846. The summed E-state index contributed by atoms with van der Waals surface area (Å²) in [4.78, 5) is 0. The molecule has 1 saturated heterocycles. The number of hydrogen-bond acceptors (Lipinski definition) is 4. The average molecular weight is 239 g/mol. The SMILES string of the molecule is CC(C)N/C(N)=C/C1(C)C2[C@H]([C@H](C)O)CN[C@H]21. The van der Waals surface area contributed by atoms with Crippen LogP contribution in [0.3, 0.4) is 0 Å². The molecule has 2 fully saturated rings. The minimum atomic E-state index is -0.244. The molecule has 4 heteroatoms. The van der Waals surface area contributed by atoms with Gasteiger partial charge in [0, 0.05) is 30.0 Å². The Hall–Kier alpha value is -0.740. The van der Waals surface area contributed by atoms with E-state index in [4.69, 9.17) is 5.73 Å². The van der Waals surface area contributed by atoms with E-state index < -0.39 is 0 Å². The number of fused-ring (bicyclic) bond motifs is 1. The molecule has 2 rings (SSSR count). The summed E-state index contributed by atoms with van der Waals surface area (Å²) in [6.45, 7) is 9.18. The summed E-state index contributed by atoms with van der Waals surface area (Å²) < 4.78 is 0. The number of aliphatic hydroxyl groups excluding tert-OH is 1. The summed E-state index contributed by atoms with van der Waals surface area (Å²) in [6.07, 6.45) is 1.89. The van der Waals surface area contributed by atoms with Gasteiger partial charge >= 0.3 is 0 Å². The highest BCUT2D eigenvalue weighted by atomic mass is 16.3. The second-order valence-electron chi connectivity index (χ2n) is 6.08. The van der Waals surface area contributed by atoms with Crippen molar-refractivity contribution in [2.24, 2.45) is 23.0 Å². The van der Waals surface area contributed by atoms with E-state index >= 15 is 0 Å². The van der Waals surface area contributed by atoms with Crippen molar-refractivity contribution in [1.29, 1.82) is 0 Å². The molecule has 17 heavy (non-hydrogen) atoms. The Labute approximate surface area is 104 Å². The third-order valence-electron chi connectivity index (χ3n) is 4.21. The third kappa shape index (κ3) is 2.16. The van der Waals surface area contributed by atoms with E-state index in [2.05, 4.69) is 37.5 Å². The number of nitrogens with one attached hydrogen (secondary N) is 2. The Morgan fingerprint density at radius 3 is 2.71 bits per heavy atom. The van der Waals surface area contributed by atoms with Gasteiger partial charge in [0.15, 0.2) is 0 Å². The van der Waals surface area contributed by atoms with Crippen LogP contribution in [0.4, 0.5) is 0 Å². The van der Waals surface area contributed by atoms with Crippen LogP contribution in [0.25, 0.3) is 0 Å². The average Bonchev–Trinajstić information content (AvgIpc) is 2.60. The van der Waals surface area contributed by atoms with Crippen molar-refractivity contribution in [3.8, 4) is 0 Å².